The van der Waals surface area contributed by atoms with Crippen molar-refractivity contribution in [1.82, 2.24) is 15.0 Å². The number of hydrogen-bond acceptors (Lipinski definition) is 4. The van der Waals surface area contributed by atoms with Crippen molar-refractivity contribution in [2.24, 2.45) is 0 Å². The van der Waals surface area contributed by atoms with Gasteiger partial charge in [-0.3, -0.25) is 0 Å². The van der Waals surface area contributed by atoms with Crippen LogP contribution in [0.25, 0.3) is 34.4 Å². The quantitative estimate of drug-likeness (QED) is 0.582. The molecule has 0 spiro atoms. The van der Waals surface area contributed by atoms with Gasteiger partial charge in [-0.2, -0.15) is 0 Å². The van der Waals surface area contributed by atoms with E-state index >= 15 is 0 Å². The van der Waals surface area contributed by atoms with E-state index in [2.05, 4.69) is 15.0 Å². The van der Waals surface area contributed by atoms with Crippen molar-refractivity contribution in [3.63, 3.8) is 0 Å². The van der Waals surface area contributed by atoms with Crippen LogP contribution in [-0.4, -0.2) is 26.0 Å². The minimum absolute atomic E-state index is 0.232. The Bertz CT molecular complexity index is 1140. The fraction of sp³-hybridized carbons (Fsp3) is 0. The molecule has 0 aliphatic heterocycles. The van der Waals surface area contributed by atoms with Crippen LogP contribution in [0.5, 0.6) is 0 Å². The summed E-state index contributed by atoms with van der Waals surface area (Å²) in [5.74, 6) is -0.316. The summed E-state index contributed by atoms with van der Waals surface area (Å²) in [6.45, 7) is 0. The van der Waals surface area contributed by atoms with Crippen molar-refractivity contribution >= 4 is 29.0 Å². The van der Waals surface area contributed by atoms with E-state index in [1.54, 1.807) is 42.7 Å². The summed E-state index contributed by atoms with van der Waals surface area (Å²) in [6.07, 6.45) is 7.03. The fourth-order valence-electron chi connectivity index (χ4n) is 2.80. The summed E-state index contributed by atoms with van der Waals surface area (Å²) in [4.78, 5) is 24.8. The fourth-order valence-corrected chi connectivity index (χ4v) is 2.80. The second-order valence-corrected chi connectivity index (χ2v) is 5.96. The first-order chi connectivity index (χ1) is 13.2. The first kappa shape index (κ1) is 16.6. The molecule has 5 nitrogen and oxygen atoms in total. The van der Waals surface area contributed by atoms with Crippen molar-refractivity contribution in [1.29, 1.82) is 0 Å². The lowest BCUT2D eigenvalue weighted by molar-refractivity contribution is 0.0699. The van der Waals surface area contributed by atoms with Crippen LogP contribution >= 0.6 is 0 Å². The van der Waals surface area contributed by atoms with Crippen molar-refractivity contribution in [2.45, 2.75) is 0 Å². The molecule has 2 heterocycles. The SMILES string of the molecule is O=C(O)c1cc(/C=C/c2cnc(-c3ccccc3)nc2)nc2ccccc12. The molecule has 4 rings (SSSR count). The normalized spacial score (nSPS) is 11.1. The maximum absolute atomic E-state index is 11.5. The number of aromatic carboxylic acids is 1. The second-order valence-electron chi connectivity index (χ2n) is 5.96. The van der Waals surface area contributed by atoms with Crippen molar-refractivity contribution in [3.8, 4) is 11.4 Å². The number of carboxylic acid groups (broad SMARTS) is 1. The molecule has 1 N–H and O–H groups in total. The van der Waals surface area contributed by atoms with Crippen LogP contribution in [0.15, 0.2) is 73.1 Å². The lowest BCUT2D eigenvalue weighted by Gasteiger charge is -2.04. The van der Waals surface area contributed by atoms with Gasteiger partial charge in [0.2, 0.25) is 0 Å². The van der Waals surface area contributed by atoms with E-state index in [0.717, 1.165) is 11.1 Å². The molecule has 0 amide bonds. The molecular formula is C22H15N3O2. The van der Waals surface area contributed by atoms with Crippen molar-refractivity contribution in [3.05, 3.63) is 89.9 Å². The molecule has 5 heteroatoms. The molecule has 0 radical (unpaired) electrons. The van der Waals surface area contributed by atoms with Gasteiger partial charge >= 0.3 is 5.97 Å². The lowest BCUT2D eigenvalue weighted by Crippen LogP contribution is -2.00. The van der Waals surface area contributed by atoms with E-state index in [1.165, 1.54) is 0 Å². The molecule has 27 heavy (non-hydrogen) atoms. The van der Waals surface area contributed by atoms with Crippen LogP contribution < -0.4 is 0 Å². The van der Waals surface area contributed by atoms with Gasteiger partial charge in [0.25, 0.3) is 0 Å². The topological polar surface area (TPSA) is 76.0 Å². The van der Waals surface area contributed by atoms with Gasteiger partial charge in [0, 0.05) is 28.9 Å². The highest BCUT2D eigenvalue weighted by Crippen LogP contribution is 2.20. The van der Waals surface area contributed by atoms with Crippen LogP contribution in [0.1, 0.15) is 21.6 Å². The monoisotopic (exact) mass is 353 g/mol. The molecule has 130 valence electrons. The molecule has 0 unspecified atom stereocenters. The van der Waals surface area contributed by atoms with Crippen molar-refractivity contribution < 1.29 is 9.90 Å². The Morgan fingerprint density at radius 1 is 0.889 bits per heavy atom. The van der Waals surface area contributed by atoms with Crippen LogP contribution in [0.4, 0.5) is 0 Å². The molecule has 2 aromatic heterocycles. The van der Waals surface area contributed by atoms with E-state index in [-0.39, 0.29) is 5.56 Å². The molecule has 0 saturated carbocycles. The van der Waals surface area contributed by atoms with E-state index < -0.39 is 5.97 Å². The van der Waals surface area contributed by atoms with E-state index in [4.69, 9.17) is 0 Å². The molecule has 0 aliphatic rings. The Labute approximate surface area is 155 Å². The zero-order valence-electron chi connectivity index (χ0n) is 14.3. The lowest BCUT2D eigenvalue weighted by atomic mass is 10.1. The number of carbonyl (C=O) groups is 1. The molecule has 0 aliphatic carbocycles. The number of aromatic nitrogens is 3. The van der Waals surface area contributed by atoms with Gasteiger partial charge in [-0.15, -0.1) is 0 Å². The number of para-hydroxylation sites is 1. The maximum atomic E-state index is 11.5. The molecule has 0 bridgehead atoms. The number of hydrogen-bond donors (Lipinski definition) is 1. The zero-order valence-corrected chi connectivity index (χ0v) is 14.3. The van der Waals surface area contributed by atoms with E-state index in [9.17, 15) is 9.90 Å². The van der Waals surface area contributed by atoms with Crippen LogP contribution in [0, 0.1) is 0 Å². The minimum Gasteiger partial charge on any atom is -0.478 e. The van der Waals surface area contributed by atoms with Gasteiger partial charge < -0.3 is 5.11 Å². The summed E-state index contributed by atoms with van der Waals surface area (Å²) < 4.78 is 0. The summed E-state index contributed by atoms with van der Waals surface area (Å²) in [7, 11) is 0. The highest BCUT2D eigenvalue weighted by molar-refractivity contribution is 6.03. The summed E-state index contributed by atoms with van der Waals surface area (Å²) >= 11 is 0. The third kappa shape index (κ3) is 3.57. The van der Waals surface area contributed by atoms with E-state index in [1.807, 2.05) is 42.5 Å². The number of benzene rings is 2. The third-order valence-electron chi connectivity index (χ3n) is 4.12. The number of fused-ring (bicyclic) bond motifs is 1. The molecule has 0 fully saturated rings. The minimum atomic E-state index is -0.973. The largest absolute Gasteiger partial charge is 0.478 e. The molecule has 0 atom stereocenters. The Morgan fingerprint density at radius 2 is 1.59 bits per heavy atom. The van der Waals surface area contributed by atoms with Crippen LogP contribution in [0.3, 0.4) is 0 Å². The molecule has 4 aromatic rings. The molecule has 0 saturated heterocycles. The van der Waals surface area contributed by atoms with Gasteiger partial charge in [-0.25, -0.2) is 19.7 Å². The Kier molecular flexibility index (Phi) is 4.41. The van der Waals surface area contributed by atoms with Gasteiger partial charge in [-0.05, 0) is 24.3 Å². The summed E-state index contributed by atoms with van der Waals surface area (Å²) in [5.41, 5.74) is 3.21. The van der Waals surface area contributed by atoms with Crippen LogP contribution in [-0.2, 0) is 0 Å². The number of pyridine rings is 1. The average Bonchev–Trinajstić information content (AvgIpc) is 2.72. The van der Waals surface area contributed by atoms with Gasteiger partial charge in [0.1, 0.15) is 0 Å². The Balaban J connectivity index is 1.64. The first-order valence-corrected chi connectivity index (χ1v) is 8.39. The standard InChI is InChI=1S/C22H15N3O2/c26-22(27)19-12-17(25-20-9-5-4-8-18(19)20)11-10-15-13-23-21(24-14-15)16-6-2-1-3-7-16/h1-14H,(H,26,27)/b11-10+. The zero-order chi connectivity index (χ0) is 18.6. The number of rotatable bonds is 4. The summed E-state index contributed by atoms with van der Waals surface area (Å²) in [5, 5.41) is 10.1. The number of carboxylic acids is 1. The predicted octanol–water partition coefficient (Wildman–Crippen LogP) is 4.56. The van der Waals surface area contributed by atoms with Gasteiger partial charge in [0.15, 0.2) is 5.82 Å². The van der Waals surface area contributed by atoms with Crippen molar-refractivity contribution in [2.75, 3.05) is 0 Å². The average molecular weight is 353 g/mol. The highest BCUT2D eigenvalue weighted by Gasteiger charge is 2.10. The van der Waals surface area contributed by atoms with E-state index in [0.29, 0.717) is 22.4 Å². The highest BCUT2D eigenvalue weighted by atomic mass is 16.4. The van der Waals surface area contributed by atoms with Crippen LogP contribution in [0.2, 0.25) is 0 Å². The smallest absolute Gasteiger partial charge is 0.336 e. The first-order valence-electron chi connectivity index (χ1n) is 8.39. The third-order valence-corrected chi connectivity index (χ3v) is 4.12. The molecular weight excluding hydrogens is 338 g/mol. The second kappa shape index (κ2) is 7.17. The predicted molar refractivity (Wildman–Crippen MR) is 105 cm³/mol. The number of nitrogens with zero attached hydrogens (tertiary/aromatic N) is 3. The maximum Gasteiger partial charge on any atom is 0.336 e. The summed E-state index contributed by atoms with van der Waals surface area (Å²) in [6, 6.07) is 18.5. The Morgan fingerprint density at radius 3 is 2.33 bits per heavy atom. The van der Waals surface area contributed by atoms with Gasteiger partial charge in [0.05, 0.1) is 16.8 Å². The van der Waals surface area contributed by atoms with Gasteiger partial charge in [-0.1, -0.05) is 48.5 Å². The Hall–Kier alpha value is -3.86. The molecule has 2 aromatic carbocycles.